The Kier molecular flexibility index (Phi) is 5.00. The molecule has 12 heteroatoms. The highest BCUT2D eigenvalue weighted by Gasteiger charge is 2.55. The van der Waals surface area contributed by atoms with Gasteiger partial charge in [-0.05, 0) is 26.7 Å². The highest BCUT2D eigenvalue weighted by atomic mass is 32.2. The summed E-state index contributed by atoms with van der Waals surface area (Å²) in [5.41, 5.74) is -1.23. The quantitative estimate of drug-likeness (QED) is 0.351. The van der Waals surface area contributed by atoms with Crippen LogP contribution in [0.1, 0.15) is 33.1 Å². The van der Waals surface area contributed by atoms with E-state index in [2.05, 4.69) is 5.32 Å². The second-order valence-corrected chi connectivity index (χ2v) is 10.6. The Bertz CT molecular complexity index is 813. The summed E-state index contributed by atoms with van der Waals surface area (Å²) in [5, 5.41) is 27.6. The van der Waals surface area contributed by atoms with Crippen LogP contribution in [-0.2, 0) is 19.8 Å². The van der Waals surface area contributed by atoms with Gasteiger partial charge in [-0.15, -0.1) is 11.8 Å². The number of nitrogens with zero attached hydrogens (tertiary/aromatic N) is 1. The summed E-state index contributed by atoms with van der Waals surface area (Å²) in [6.45, 7) is 4.28. The highest BCUT2D eigenvalue weighted by molar-refractivity contribution is 8.04. The average Bonchev–Trinajstić information content (AvgIpc) is 2.96. The van der Waals surface area contributed by atoms with Gasteiger partial charge in [-0.25, -0.2) is 14.7 Å². The molecule has 3 aliphatic heterocycles. The van der Waals surface area contributed by atoms with Gasteiger partial charge in [-0.2, -0.15) is 8.42 Å². The summed E-state index contributed by atoms with van der Waals surface area (Å²) in [6, 6.07) is 0.212. The molecule has 0 aromatic heterocycles. The number of rotatable bonds is 6. The lowest BCUT2D eigenvalue weighted by Gasteiger charge is -2.37. The third kappa shape index (κ3) is 3.68. The van der Waals surface area contributed by atoms with Gasteiger partial charge in [0.05, 0.1) is 6.10 Å². The summed E-state index contributed by atoms with van der Waals surface area (Å²) < 4.78 is 23.6. The molecule has 1 unspecified atom stereocenters. The minimum atomic E-state index is -4.27. The number of aliphatic hydroxyl groups is 1. The summed E-state index contributed by atoms with van der Waals surface area (Å²) in [4.78, 5) is 26.8. The zero-order chi connectivity index (χ0) is 20.2. The van der Waals surface area contributed by atoms with E-state index in [4.69, 9.17) is 5.14 Å². The zero-order valence-corrected chi connectivity index (χ0v) is 16.7. The first kappa shape index (κ1) is 20.4. The van der Waals surface area contributed by atoms with Gasteiger partial charge in [0.25, 0.3) is 16.1 Å². The van der Waals surface area contributed by atoms with E-state index in [1.54, 1.807) is 4.72 Å². The van der Waals surface area contributed by atoms with E-state index in [0.717, 1.165) is 17.9 Å². The van der Waals surface area contributed by atoms with Crippen molar-refractivity contribution in [2.45, 2.75) is 55.5 Å². The first-order valence-electron chi connectivity index (χ1n) is 8.57. The van der Waals surface area contributed by atoms with Gasteiger partial charge in [0.15, 0.2) is 0 Å². The number of carboxylic acid groups (broad SMARTS) is 1. The van der Waals surface area contributed by atoms with Crippen molar-refractivity contribution in [1.29, 1.82) is 0 Å². The molecule has 4 atom stereocenters. The molecule has 27 heavy (non-hydrogen) atoms. The van der Waals surface area contributed by atoms with Crippen molar-refractivity contribution >= 4 is 33.8 Å². The van der Waals surface area contributed by atoms with E-state index < -0.39 is 38.5 Å². The van der Waals surface area contributed by atoms with Crippen LogP contribution in [0, 0.1) is 0 Å². The first-order valence-corrected chi connectivity index (χ1v) is 10.9. The molecule has 0 saturated carbocycles. The van der Waals surface area contributed by atoms with Crippen molar-refractivity contribution < 1.29 is 28.2 Å². The predicted octanol–water partition coefficient (Wildman–Crippen LogP) is -1.31. The fourth-order valence-electron chi connectivity index (χ4n) is 4.05. The van der Waals surface area contributed by atoms with Crippen molar-refractivity contribution in [1.82, 2.24) is 14.9 Å². The topological polar surface area (TPSA) is 162 Å². The largest absolute Gasteiger partial charge is 0.477 e. The van der Waals surface area contributed by atoms with Crippen LogP contribution in [0.25, 0.3) is 0 Å². The van der Waals surface area contributed by atoms with Gasteiger partial charge in [0.2, 0.25) is 0 Å². The Morgan fingerprint density at radius 3 is 2.63 bits per heavy atom. The molecule has 1 amide bonds. The lowest BCUT2D eigenvalue weighted by atomic mass is 9.87. The first-order chi connectivity index (χ1) is 12.4. The fourth-order valence-corrected chi connectivity index (χ4v) is 6.10. The summed E-state index contributed by atoms with van der Waals surface area (Å²) in [7, 11) is -4.27. The highest BCUT2D eigenvalue weighted by Crippen LogP contribution is 2.50. The van der Waals surface area contributed by atoms with Crippen LogP contribution >= 0.6 is 11.8 Å². The molecular formula is C15H24N4O6S2. The third-order valence-corrected chi connectivity index (χ3v) is 7.33. The maximum atomic E-state index is 12.5. The molecule has 3 aliphatic rings. The summed E-state index contributed by atoms with van der Waals surface area (Å²) >= 11 is 1.38. The maximum absolute atomic E-state index is 12.5. The van der Waals surface area contributed by atoms with Gasteiger partial charge in [-0.1, -0.05) is 0 Å². The van der Waals surface area contributed by atoms with E-state index in [1.807, 2.05) is 11.8 Å². The molecule has 2 saturated heterocycles. The number of thioether (sulfide) groups is 1. The van der Waals surface area contributed by atoms with E-state index in [-0.39, 0.29) is 12.5 Å². The number of hydrogen-bond acceptors (Lipinski definition) is 8. The molecule has 0 aliphatic carbocycles. The number of hydrogen-bond donors (Lipinski definition) is 5. The van der Waals surface area contributed by atoms with E-state index in [1.165, 1.54) is 18.7 Å². The number of amides is 1. The molecule has 0 bridgehead atoms. The smallest absolute Gasteiger partial charge is 0.353 e. The summed E-state index contributed by atoms with van der Waals surface area (Å²) in [6.07, 6.45) is 0.528. The van der Waals surface area contributed by atoms with Crippen LogP contribution in [0.15, 0.2) is 10.6 Å². The Morgan fingerprint density at radius 1 is 1.48 bits per heavy atom. The molecule has 0 radical (unpaired) electrons. The van der Waals surface area contributed by atoms with Crippen LogP contribution in [0.4, 0.5) is 0 Å². The molecule has 0 spiro atoms. The van der Waals surface area contributed by atoms with Crippen molar-refractivity contribution in [3.63, 3.8) is 0 Å². The molecule has 6 N–H and O–H groups in total. The minimum Gasteiger partial charge on any atom is -0.477 e. The van der Waals surface area contributed by atoms with E-state index in [0.29, 0.717) is 18.7 Å². The Morgan fingerprint density at radius 2 is 2.15 bits per heavy atom. The fraction of sp³-hybridized carbons (Fsp3) is 0.733. The average molecular weight is 421 g/mol. The molecule has 3 heterocycles. The normalized spacial score (nSPS) is 34.2. The predicted molar refractivity (Wildman–Crippen MR) is 98.7 cm³/mol. The molecule has 10 nitrogen and oxygen atoms in total. The lowest BCUT2D eigenvalue weighted by Crippen LogP contribution is -2.61. The third-order valence-electron chi connectivity index (χ3n) is 5.47. The standard InChI is InChI=1S/C15H24N4O6S2/c1-8(20)15(13(23)18-27(16,24)25)6-14(2,7-17-15)26-10-5-9-3-4-19(9)11(10)12(21)22/h8-9,17,20H,3-7H2,1-2H3,(H,18,23)(H,21,22)(H2,16,24,25)/t8-,9?,14+,15+/m1/s1. The van der Waals surface area contributed by atoms with Gasteiger partial charge < -0.3 is 15.1 Å². The second-order valence-electron chi connectivity index (χ2n) is 7.62. The number of nitrogens with one attached hydrogen (secondary N) is 2. The number of carbonyl (C=O) groups is 2. The number of aliphatic carboxylic acids is 1. The van der Waals surface area contributed by atoms with E-state index in [9.17, 15) is 28.2 Å². The monoisotopic (exact) mass is 420 g/mol. The zero-order valence-electron chi connectivity index (χ0n) is 15.1. The number of carbonyl (C=O) groups excluding carboxylic acids is 1. The number of aliphatic hydroxyl groups excluding tert-OH is 1. The Balaban J connectivity index is 1.83. The van der Waals surface area contributed by atoms with Crippen LogP contribution in [0.3, 0.4) is 0 Å². The number of carboxylic acids is 1. The molecule has 2 fully saturated rings. The van der Waals surface area contributed by atoms with Crippen molar-refractivity contribution in [2.75, 3.05) is 13.1 Å². The number of fused-ring (bicyclic) bond motifs is 1. The molecule has 3 rings (SSSR count). The number of nitrogens with two attached hydrogens (primary N) is 1. The summed E-state index contributed by atoms with van der Waals surface area (Å²) in [5.74, 6) is -1.89. The molecule has 152 valence electrons. The second kappa shape index (κ2) is 6.62. The minimum absolute atomic E-state index is 0.116. The van der Waals surface area contributed by atoms with E-state index >= 15 is 0 Å². The molecule has 0 aromatic rings. The Hall–Kier alpha value is -1.34. The van der Waals surface area contributed by atoms with Crippen LogP contribution in [-0.4, -0.2) is 70.9 Å². The Labute approximate surface area is 161 Å². The lowest BCUT2D eigenvalue weighted by molar-refractivity contribution is -0.135. The maximum Gasteiger partial charge on any atom is 0.353 e. The van der Waals surface area contributed by atoms with Gasteiger partial charge in [-0.3, -0.25) is 10.1 Å². The van der Waals surface area contributed by atoms with Crippen LogP contribution < -0.4 is 15.2 Å². The van der Waals surface area contributed by atoms with Crippen LogP contribution in [0.5, 0.6) is 0 Å². The molecular weight excluding hydrogens is 396 g/mol. The van der Waals surface area contributed by atoms with Crippen molar-refractivity contribution in [3.8, 4) is 0 Å². The van der Waals surface area contributed by atoms with Gasteiger partial charge in [0, 0.05) is 35.2 Å². The SMILES string of the molecule is C[C@@H](O)[C@]1(C(=O)NS(N)(=O)=O)C[C@](C)(SC2=C(C(=O)O)N3CCC3C2)CN1. The molecule has 0 aromatic carbocycles. The van der Waals surface area contributed by atoms with Crippen molar-refractivity contribution in [3.05, 3.63) is 10.6 Å². The van der Waals surface area contributed by atoms with Crippen molar-refractivity contribution in [2.24, 2.45) is 5.14 Å². The van der Waals surface area contributed by atoms with Crippen LogP contribution in [0.2, 0.25) is 0 Å². The van der Waals surface area contributed by atoms with Gasteiger partial charge >= 0.3 is 5.97 Å². The van der Waals surface area contributed by atoms with Gasteiger partial charge in [0.1, 0.15) is 11.2 Å².